The maximum atomic E-state index is 13.2. The molecule has 1 aliphatic heterocycles. The van der Waals surface area contributed by atoms with Crippen molar-refractivity contribution in [1.82, 2.24) is 4.90 Å². The summed E-state index contributed by atoms with van der Waals surface area (Å²) in [6.07, 6.45) is 6.63. The van der Waals surface area contributed by atoms with E-state index in [4.69, 9.17) is 5.73 Å². The lowest BCUT2D eigenvalue weighted by Crippen LogP contribution is -2.55. The highest BCUT2D eigenvalue weighted by Gasteiger charge is 2.63. The van der Waals surface area contributed by atoms with Gasteiger partial charge in [0.05, 0.1) is 18.2 Å². The molecule has 3 N–H and O–H groups in total. The average Bonchev–Trinajstić information content (AvgIpc) is 2.96. The van der Waals surface area contributed by atoms with E-state index in [9.17, 15) is 15.2 Å². The van der Waals surface area contributed by atoms with Gasteiger partial charge in [-0.25, -0.2) is 0 Å². The van der Waals surface area contributed by atoms with Crippen LogP contribution in [0.3, 0.4) is 0 Å². The first kappa shape index (κ1) is 14.2. The molecular weight excluding hydrogens is 290 g/mol. The zero-order valence-corrected chi connectivity index (χ0v) is 13.4. The van der Waals surface area contributed by atoms with Gasteiger partial charge in [0, 0.05) is 6.04 Å². The molecule has 124 valence electrons. The van der Waals surface area contributed by atoms with E-state index in [-0.39, 0.29) is 29.5 Å². The summed E-state index contributed by atoms with van der Waals surface area (Å²) >= 11 is 0. The van der Waals surface area contributed by atoms with Gasteiger partial charge in [0.1, 0.15) is 6.04 Å². The van der Waals surface area contributed by atoms with Gasteiger partial charge < -0.3 is 15.7 Å². The maximum absolute atomic E-state index is 13.2. The van der Waals surface area contributed by atoms with Crippen molar-refractivity contribution in [2.75, 3.05) is 0 Å². The predicted molar refractivity (Wildman–Crippen MR) is 82.7 cm³/mol. The summed E-state index contributed by atoms with van der Waals surface area (Å²) < 4.78 is 0. The zero-order chi connectivity index (χ0) is 15.9. The Kier molecular flexibility index (Phi) is 2.78. The Labute approximate surface area is 136 Å². The van der Waals surface area contributed by atoms with Crippen molar-refractivity contribution in [2.45, 2.75) is 69.2 Å². The molecule has 0 aromatic carbocycles. The van der Waals surface area contributed by atoms with E-state index in [0.717, 1.165) is 44.9 Å². The first-order valence-electron chi connectivity index (χ1n) is 9.19. The van der Waals surface area contributed by atoms with Gasteiger partial charge in [0.25, 0.3) is 0 Å². The third-order valence-electron chi connectivity index (χ3n) is 7.84. The minimum Gasteiger partial charge on any atom is -0.393 e. The minimum absolute atomic E-state index is 0.0178. The molecule has 23 heavy (non-hydrogen) atoms. The van der Waals surface area contributed by atoms with Crippen molar-refractivity contribution < 1.29 is 9.90 Å². The van der Waals surface area contributed by atoms with E-state index in [1.165, 1.54) is 0 Å². The second kappa shape index (κ2) is 4.49. The Hall–Kier alpha value is -1.12. The van der Waals surface area contributed by atoms with Gasteiger partial charge in [0.2, 0.25) is 5.91 Å². The molecule has 5 nitrogen and oxygen atoms in total. The number of fused-ring (bicyclic) bond motifs is 2. The van der Waals surface area contributed by atoms with Crippen LogP contribution in [-0.4, -0.2) is 40.1 Å². The fraction of sp³-hybridized carbons (Fsp3) is 0.889. The summed E-state index contributed by atoms with van der Waals surface area (Å²) in [5.74, 6) is 1.90. The molecule has 0 spiro atoms. The lowest BCUT2D eigenvalue weighted by Gasteiger charge is -2.38. The molecular formula is C18H25N3O2. The van der Waals surface area contributed by atoms with Crippen LogP contribution in [0.15, 0.2) is 0 Å². The number of hydrogen-bond acceptors (Lipinski definition) is 4. The fourth-order valence-corrected chi connectivity index (χ4v) is 6.75. The summed E-state index contributed by atoms with van der Waals surface area (Å²) in [5.41, 5.74) is 6.48. The van der Waals surface area contributed by atoms with E-state index in [1.54, 1.807) is 0 Å². The molecule has 9 atom stereocenters. The van der Waals surface area contributed by atoms with Gasteiger partial charge in [-0.05, 0) is 74.0 Å². The van der Waals surface area contributed by atoms with Crippen LogP contribution < -0.4 is 5.73 Å². The smallest absolute Gasteiger partial charge is 0.241 e. The van der Waals surface area contributed by atoms with E-state index < -0.39 is 6.04 Å². The lowest BCUT2D eigenvalue weighted by atomic mass is 9.73. The number of aliphatic hydroxyl groups excluding tert-OH is 1. The molecule has 0 aromatic heterocycles. The number of aliphatic hydroxyl groups is 1. The van der Waals surface area contributed by atoms with Crippen LogP contribution in [0, 0.1) is 40.4 Å². The highest BCUT2D eigenvalue weighted by Crippen LogP contribution is 2.64. The molecule has 0 aromatic rings. The monoisotopic (exact) mass is 315 g/mol. The molecule has 1 amide bonds. The first-order valence-corrected chi connectivity index (χ1v) is 9.19. The molecule has 6 rings (SSSR count). The first-order chi connectivity index (χ1) is 11.0. The summed E-state index contributed by atoms with van der Waals surface area (Å²) in [4.78, 5) is 15.0. The summed E-state index contributed by atoms with van der Waals surface area (Å²) in [6, 6.07) is 1.83. The average molecular weight is 315 g/mol. The summed E-state index contributed by atoms with van der Waals surface area (Å²) in [7, 11) is 0. The number of nitrogens with two attached hydrogens (primary N) is 1. The number of carbonyl (C=O) groups excluding carboxylic acids is 1. The number of amides is 1. The molecule has 6 fully saturated rings. The van der Waals surface area contributed by atoms with Crippen LogP contribution in [0.25, 0.3) is 0 Å². The van der Waals surface area contributed by atoms with E-state index >= 15 is 0 Å². The lowest BCUT2D eigenvalue weighted by molar-refractivity contribution is -0.137. The number of rotatable bonds is 2. The minimum atomic E-state index is -0.483. The Balaban J connectivity index is 1.44. The van der Waals surface area contributed by atoms with Crippen LogP contribution in [-0.2, 0) is 4.79 Å². The Morgan fingerprint density at radius 1 is 1.22 bits per heavy atom. The number of nitrogens with zero attached hydrogens (tertiary/aromatic N) is 2. The van der Waals surface area contributed by atoms with Gasteiger partial charge >= 0.3 is 0 Å². The maximum Gasteiger partial charge on any atom is 0.241 e. The normalized spacial score (nSPS) is 53.8. The largest absolute Gasteiger partial charge is 0.393 e. The number of carbonyl (C=O) groups is 1. The fourth-order valence-electron chi connectivity index (χ4n) is 6.75. The van der Waals surface area contributed by atoms with Crippen molar-refractivity contribution in [3.8, 4) is 6.07 Å². The van der Waals surface area contributed by atoms with Crippen LogP contribution in [0.1, 0.15) is 44.9 Å². The van der Waals surface area contributed by atoms with Crippen LogP contribution in [0.2, 0.25) is 0 Å². The van der Waals surface area contributed by atoms with Gasteiger partial charge in [-0.1, -0.05) is 0 Å². The number of piperidine rings is 1. The summed E-state index contributed by atoms with van der Waals surface area (Å²) in [5, 5.41) is 19.7. The topological polar surface area (TPSA) is 90.4 Å². The van der Waals surface area contributed by atoms with Crippen molar-refractivity contribution in [2.24, 2.45) is 34.8 Å². The zero-order valence-electron chi connectivity index (χ0n) is 13.4. The van der Waals surface area contributed by atoms with Gasteiger partial charge in [-0.15, -0.1) is 0 Å². The molecule has 1 heterocycles. The van der Waals surface area contributed by atoms with Gasteiger partial charge in [-0.2, -0.15) is 5.26 Å². The Morgan fingerprint density at radius 3 is 2.83 bits per heavy atom. The van der Waals surface area contributed by atoms with E-state index in [1.807, 2.05) is 4.90 Å². The number of nitriles is 1. The molecule has 9 unspecified atom stereocenters. The van der Waals surface area contributed by atoms with Crippen molar-refractivity contribution in [3.63, 3.8) is 0 Å². The van der Waals surface area contributed by atoms with Crippen LogP contribution in [0.4, 0.5) is 0 Å². The van der Waals surface area contributed by atoms with E-state index in [2.05, 4.69) is 6.07 Å². The highest BCUT2D eigenvalue weighted by atomic mass is 16.3. The standard InChI is InChI=1S/C18H25N3O2/c19-8-13-4-10-5-14(10)21(13)17(23)16(20)18-6-9-1-12(18)3-11(7-18)15(22)2-9/h9-16,22H,1-7,20H2. The predicted octanol–water partition coefficient (Wildman–Crippen LogP) is 1.01. The Bertz CT molecular complexity index is 602. The number of likely N-dealkylation sites (tertiary alicyclic amines) is 1. The third-order valence-corrected chi connectivity index (χ3v) is 7.84. The summed E-state index contributed by atoms with van der Waals surface area (Å²) in [6.45, 7) is 0. The quantitative estimate of drug-likeness (QED) is 0.796. The van der Waals surface area contributed by atoms with Crippen molar-refractivity contribution in [3.05, 3.63) is 0 Å². The molecule has 6 aliphatic rings. The number of hydrogen-bond donors (Lipinski definition) is 2. The molecule has 4 bridgehead atoms. The third kappa shape index (κ3) is 1.77. The second-order valence-electron chi connectivity index (χ2n) is 8.91. The molecule has 1 saturated heterocycles. The highest BCUT2D eigenvalue weighted by molar-refractivity contribution is 5.84. The molecule has 5 aliphatic carbocycles. The molecule has 5 heteroatoms. The van der Waals surface area contributed by atoms with Crippen molar-refractivity contribution in [1.29, 1.82) is 5.26 Å². The van der Waals surface area contributed by atoms with Gasteiger partial charge in [0.15, 0.2) is 0 Å². The Morgan fingerprint density at radius 2 is 2.04 bits per heavy atom. The van der Waals surface area contributed by atoms with Crippen LogP contribution in [0.5, 0.6) is 0 Å². The SMILES string of the molecule is N#CC1CC2CC2N1C(=O)C(N)C12CC3CC(O)C(CC1C3)C2. The second-order valence-corrected chi connectivity index (χ2v) is 8.91. The van der Waals surface area contributed by atoms with E-state index in [0.29, 0.717) is 23.7 Å². The van der Waals surface area contributed by atoms with Crippen molar-refractivity contribution >= 4 is 5.91 Å². The molecule has 0 radical (unpaired) electrons. The molecule has 5 saturated carbocycles. The van der Waals surface area contributed by atoms with Crippen LogP contribution >= 0.6 is 0 Å². The van der Waals surface area contributed by atoms with Gasteiger partial charge in [-0.3, -0.25) is 4.79 Å².